The van der Waals surface area contributed by atoms with E-state index in [9.17, 15) is 13.6 Å². The van der Waals surface area contributed by atoms with E-state index >= 15 is 0 Å². The van der Waals surface area contributed by atoms with Gasteiger partial charge in [-0.1, -0.05) is 24.3 Å². The Balaban J connectivity index is 2.21. The molecule has 2 aromatic rings. The summed E-state index contributed by atoms with van der Waals surface area (Å²) in [6.07, 6.45) is 1.38. The summed E-state index contributed by atoms with van der Waals surface area (Å²) >= 11 is 5.75. The maximum Gasteiger partial charge on any atom is 0.322 e. The average molecular weight is 349 g/mol. The van der Waals surface area contributed by atoms with Crippen molar-refractivity contribution in [1.29, 1.82) is 0 Å². The molecule has 2 atom stereocenters. The van der Waals surface area contributed by atoms with E-state index in [4.69, 9.17) is 11.6 Å². The summed E-state index contributed by atoms with van der Waals surface area (Å²) < 4.78 is 26.6. The number of hydrogen-bond donors (Lipinski definition) is 0. The quantitative estimate of drug-likeness (QED) is 0.567. The maximum atomic E-state index is 13.3. The Bertz CT molecular complexity index is 807. The molecule has 0 aromatic heterocycles. The Hall–Kier alpha value is -2.27. The Labute approximate surface area is 143 Å². The molecule has 0 radical (unpaired) electrons. The highest BCUT2D eigenvalue weighted by Crippen LogP contribution is 2.50. The first kappa shape index (κ1) is 16.6. The van der Waals surface area contributed by atoms with E-state index in [2.05, 4.69) is 4.99 Å². The highest BCUT2D eigenvalue weighted by Gasteiger charge is 2.55. The molecule has 3 nitrogen and oxygen atoms in total. The van der Waals surface area contributed by atoms with Gasteiger partial charge in [0, 0.05) is 0 Å². The zero-order chi connectivity index (χ0) is 17.5. The third-order valence-electron chi connectivity index (χ3n) is 4.86. The average Bonchev–Trinajstić information content (AvgIpc) is 2.82. The molecule has 0 bridgehead atoms. The third-order valence-corrected chi connectivity index (χ3v) is 5.05. The summed E-state index contributed by atoms with van der Waals surface area (Å²) in [5.41, 5.74) is -0.518. The molecule has 1 heterocycles. The van der Waals surface area contributed by atoms with Gasteiger partial charge in [0.1, 0.15) is 22.7 Å². The molecule has 124 valence electrons. The molecular formula is C18H15ClF2N2O. The first-order valence-corrected chi connectivity index (χ1v) is 7.73. The molecule has 0 N–H and O–H groups in total. The molecule has 0 saturated heterocycles. The molecule has 24 heavy (non-hydrogen) atoms. The van der Waals surface area contributed by atoms with Crippen LogP contribution in [-0.4, -0.2) is 16.6 Å². The van der Waals surface area contributed by atoms with Crippen LogP contribution in [0.2, 0.25) is 0 Å². The Morgan fingerprint density at radius 2 is 1.42 bits per heavy atom. The van der Waals surface area contributed by atoms with Gasteiger partial charge in [0.2, 0.25) is 0 Å². The second-order valence-electron chi connectivity index (χ2n) is 6.03. The molecule has 1 aliphatic heterocycles. The van der Waals surface area contributed by atoms with Crippen molar-refractivity contribution >= 4 is 23.3 Å². The number of carbonyl (C=O) groups excluding carboxylic acids is 1. The van der Waals surface area contributed by atoms with E-state index in [0.29, 0.717) is 11.1 Å². The van der Waals surface area contributed by atoms with Crippen LogP contribution in [0, 0.1) is 11.6 Å². The van der Waals surface area contributed by atoms with Gasteiger partial charge in [-0.15, -0.1) is 0 Å². The van der Waals surface area contributed by atoms with E-state index in [1.807, 2.05) is 6.92 Å². The topological polar surface area (TPSA) is 32.7 Å². The van der Waals surface area contributed by atoms with Gasteiger partial charge in [-0.05, 0) is 60.8 Å². The van der Waals surface area contributed by atoms with Crippen LogP contribution in [0.3, 0.4) is 0 Å². The standard InChI is InChI=1S/C18H15ClF2N2O/c1-17(12-3-7-14(20)8-4-12)18(2,23(11-22-17)16(19)24)13-5-9-15(21)10-6-13/h3-11H,1-2H3. The van der Waals surface area contributed by atoms with Gasteiger partial charge >= 0.3 is 5.37 Å². The van der Waals surface area contributed by atoms with Gasteiger partial charge in [-0.2, -0.15) is 0 Å². The SMILES string of the molecule is CC1(c2ccc(F)cc2)N=CN(C(=O)Cl)C1(C)c1ccc(F)cc1. The van der Waals surface area contributed by atoms with E-state index in [-0.39, 0.29) is 11.6 Å². The lowest BCUT2D eigenvalue weighted by Crippen LogP contribution is -2.51. The van der Waals surface area contributed by atoms with Crippen LogP contribution < -0.4 is 0 Å². The molecule has 0 saturated carbocycles. The molecule has 2 aromatic carbocycles. The second kappa shape index (κ2) is 5.67. The van der Waals surface area contributed by atoms with Crippen LogP contribution in [0.15, 0.2) is 53.5 Å². The Morgan fingerprint density at radius 1 is 0.958 bits per heavy atom. The summed E-state index contributed by atoms with van der Waals surface area (Å²) in [5, 5.41) is -0.698. The Morgan fingerprint density at radius 3 is 1.88 bits per heavy atom. The summed E-state index contributed by atoms with van der Waals surface area (Å²) in [7, 11) is 0. The zero-order valence-corrected chi connectivity index (χ0v) is 13.9. The lowest BCUT2D eigenvalue weighted by atomic mass is 9.71. The van der Waals surface area contributed by atoms with Crippen molar-refractivity contribution in [2.45, 2.75) is 24.9 Å². The van der Waals surface area contributed by atoms with Crippen LogP contribution in [0.5, 0.6) is 0 Å². The van der Waals surface area contributed by atoms with E-state index in [0.717, 1.165) is 0 Å². The lowest BCUT2D eigenvalue weighted by Gasteiger charge is -2.44. The van der Waals surface area contributed by atoms with E-state index < -0.39 is 16.4 Å². The molecule has 6 heteroatoms. The Kier molecular flexibility index (Phi) is 3.92. The normalized spacial score (nSPS) is 26.0. The highest BCUT2D eigenvalue weighted by molar-refractivity contribution is 6.63. The molecule has 1 amide bonds. The first-order valence-electron chi connectivity index (χ1n) is 7.35. The smallest absolute Gasteiger partial charge is 0.277 e. The van der Waals surface area contributed by atoms with Crippen LogP contribution in [-0.2, 0) is 11.1 Å². The monoisotopic (exact) mass is 348 g/mol. The number of carbonyl (C=O) groups is 1. The van der Waals surface area contributed by atoms with Crippen LogP contribution in [0.25, 0.3) is 0 Å². The number of hydrogen-bond acceptors (Lipinski definition) is 2. The highest BCUT2D eigenvalue weighted by atomic mass is 35.5. The maximum absolute atomic E-state index is 13.3. The summed E-state index contributed by atoms with van der Waals surface area (Å²) in [5.74, 6) is -0.744. The fourth-order valence-electron chi connectivity index (χ4n) is 3.19. The second-order valence-corrected chi connectivity index (χ2v) is 6.35. The molecule has 1 aliphatic rings. The van der Waals surface area contributed by atoms with Gasteiger partial charge in [0.25, 0.3) is 0 Å². The third kappa shape index (κ3) is 2.31. The summed E-state index contributed by atoms with van der Waals surface area (Å²) in [6, 6.07) is 11.8. The van der Waals surface area contributed by atoms with Crippen molar-refractivity contribution in [2.75, 3.05) is 0 Å². The molecule has 0 spiro atoms. The van der Waals surface area contributed by atoms with Gasteiger partial charge in [0.05, 0.1) is 6.34 Å². The predicted octanol–water partition coefficient (Wildman–Crippen LogP) is 4.80. The minimum Gasteiger partial charge on any atom is -0.277 e. The number of benzene rings is 2. The molecule has 2 unspecified atom stereocenters. The van der Waals surface area contributed by atoms with Crippen LogP contribution in [0.1, 0.15) is 25.0 Å². The predicted molar refractivity (Wildman–Crippen MR) is 89.1 cm³/mol. The van der Waals surface area contributed by atoms with Crippen molar-refractivity contribution < 1.29 is 13.6 Å². The van der Waals surface area contributed by atoms with Crippen molar-refractivity contribution in [3.05, 3.63) is 71.3 Å². The van der Waals surface area contributed by atoms with Gasteiger partial charge in [0.15, 0.2) is 0 Å². The fourth-order valence-corrected chi connectivity index (χ4v) is 3.41. The molecule has 0 aliphatic carbocycles. The van der Waals surface area contributed by atoms with Crippen LogP contribution >= 0.6 is 11.6 Å². The van der Waals surface area contributed by atoms with Crippen molar-refractivity contribution in [3.8, 4) is 0 Å². The minimum atomic E-state index is -0.989. The number of halogens is 3. The minimum absolute atomic E-state index is 0.363. The first-order chi connectivity index (χ1) is 11.3. The van der Waals surface area contributed by atoms with Gasteiger partial charge in [-0.25, -0.2) is 8.78 Å². The van der Waals surface area contributed by atoms with Crippen LogP contribution in [0.4, 0.5) is 13.6 Å². The summed E-state index contributed by atoms with van der Waals surface area (Å²) in [6.45, 7) is 3.64. The van der Waals surface area contributed by atoms with Crippen molar-refractivity contribution in [1.82, 2.24) is 4.90 Å². The van der Waals surface area contributed by atoms with Gasteiger partial charge in [-0.3, -0.25) is 14.7 Å². The number of aliphatic imine (C=N–C) groups is 1. The fraction of sp³-hybridized carbons (Fsp3) is 0.222. The molecule has 3 rings (SSSR count). The van der Waals surface area contributed by atoms with E-state index in [1.165, 1.54) is 35.5 Å². The number of amides is 1. The van der Waals surface area contributed by atoms with Gasteiger partial charge < -0.3 is 0 Å². The zero-order valence-electron chi connectivity index (χ0n) is 13.1. The lowest BCUT2D eigenvalue weighted by molar-refractivity contribution is 0.151. The molecular weight excluding hydrogens is 334 g/mol. The number of nitrogens with zero attached hydrogens (tertiary/aromatic N) is 2. The van der Waals surface area contributed by atoms with E-state index in [1.54, 1.807) is 31.2 Å². The largest absolute Gasteiger partial charge is 0.322 e. The van der Waals surface area contributed by atoms with Crippen molar-refractivity contribution in [3.63, 3.8) is 0 Å². The number of rotatable bonds is 2. The summed E-state index contributed by atoms with van der Waals surface area (Å²) in [4.78, 5) is 17.8. The van der Waals surface area contributed by atoms with Crippen molar-refractivity contribution in [2.24, 2.45) is 4.99 Å². The molecule has 0 fully saturated rings.